The van der Waals surface area contributed by atoms with E-state index >= 15 is 0 Å². The first-order valence-electron chi connectivity index (χ1n) is 8.76. The molecule has 0 aliphatic carbocycles. The first kappa shape index (κ1) is 18.3. The van der Waals surface area contributed by atoms with E-state index in [0.717, 1.165) is 18.2 Å². The van der Waals surface area contributed by atoms with E-state index in [2.05, 4.69) is 5.32 Å². The van der Waals surface area contributed by atoms with Crippen LogP contribution in [0, 0.1) is 11.6 Å². The van der Waals surface area contributed by atoms with Gasteiger partial charge in [-0.15, -0.1) is 0 Å². The van der Waals surface area contributed by atoms with Gasteiger partial charge >= 0.3 is 0 Å². The lowest BCUT2D eigenvalue weighted by atomic mass is 10.1. The van der Waals surface area contributed by atoms with Crippen LogP contribution in [0.25, 0.3) is 0 Å². The predicted octanol–water partition coefficient (Wildman–Crippen LogP) is 1.26. The summed E-state index contributed by atoms with van der Waals surface area (Å²) in [6.07, 6.45) is 0.872. The van der Waals surface area contributed by atoms with E-state index in [1.54, 1.807) is 4.90 Å². The van der Waals surface area contributed by atoms with Gasteiger partial charge in [-0.05, 0) is 13.0 Å². The van der Waals surface area contributed by atoms with Crippen LogP contribution in [-0.4, -0.2) is 40.2 Å². The van der Waals surface area contributed by atoms with Gasteiger partial charge in [-0.2, -0.15) is 0 Å². The fraction of sp³-hybridized carbons (Fsp3) is 0.316. The molecule has 0 saturated carbocycles. The zero-order valence-corrected chi connectivity index (χ0v) is 14.9. The minimum atomic E-state index is -0.791. The Bertz CT molecular complexity index is 1040. The number of fused-ring (bicyclic) bond motifs is 2. The Morgan fingerprint density at radius 1 is 1.29 bits per heavy atom. The molecule has 2 aromatic rings. The van der Waals surface area contributed by atoms with Gasteiger partial charge < -0.3 is 19.5 Å². The van der Waals surface area contributed by atoms with Crippen molar-refractivity contribution < 1.29 is 23.1 Å². The minimum Gasteiger partial charge on any atom is -0.354 e. The maximum absolute atomic E-state index is 13.7. The van der Waals surface area contributed by atoms with Crippen LogP contribution in [0.4, 0.5) is 8.78 Å². The maximum Gasteiger partial charge on any atom is 0.273 e. The number of rotatable bonds is 3. The van der Waals surface area contributed by atoms with Crippen molar-refractivity contribution >= 4 is 11.8 Å². The monoisotopic (exact) mass is 389 g/mol. The normalized spacial score (nSPS) is 20.7. The van der Waals surface area contributed by atoms with Crippen molar-refractivity contribution in [1.82, 2.24) is 14.8 Å². The van der Waals surface area contributed by atoms with Crippen LogP contribution in [0.2, 0.25) is 0 Å². The molecular formula is C19H17F2N3O4. The third-order valence-corrected chi connectivity index (χ3v) is 4.95. The van der Waals surface area contributed by atoms with Crippen molar-refractivity contribution in [1.29, 1.82) is 0 Å². The molecule has 0 spiro atoms. The minimum absolute atomic E-state index is 0.0880. The molecular weight excluding hydrogens is 372 g/mol. The molecule has 7 nitrogen and oxygen atoms in total. The Balaban J connectivity index is 1.57. The summed E-state index contributed by atoms with van der Waals surface area (Å²) < 4.78 is 33.8. The fourth-order valence-corrected chi connectivity index (χ4v) is 3.48. The molecule has 146 valence electrons. The number of pyridine rings is 1. The summed E-state index contributed by atoms with van der Waals surface area (Å²) in [6.45, 7) is 2.37. The highest BCUT2D eigenvalue weighted by Gasteiger charge is 2.40. The lowest BCUT2D eigenvalue weighted by Gasteiger charge is -2.33. The summed E-state index contributed by atoms with van der Waals surface area (Å²) in [6, 6.07) is 4.07. The molecule has 0 bridgehead atoms. The van der Waals surface area contributed by atoms with Gasteiger partial charge in [-0.1, -0.05) is 6.07 Å². The smallest absolute Gasteiger partial charge is 0.273 e. The van der Waals surface area contributed by atoms with E-state index in [4.69, 9.17) is 4.74 Å². The molecule has 4 rings (SSSR count). The summed E-state index contributed by atoms with van der Waals surface area (Å²) in [5, 5.41) is 2.45. The number of ether oxygens (including phenoxy) is 1. The van der Waals surface area contributed by atoms with Crippen molar-refractivity contribution in [2.75, 3.05) is 6.61 Å². The molecule has 2 amide bonds. The largest absolute Gasteiger partial charge is 0.354 e. The Morgan fingerprint density at radius 3 is 2.82 bits per heavy atom. The standard InChI is InChI=1S/C19H17F2N3O4/c1-10-9-28-17-8-23-7-13(16(25)5-15(23)19(27)24(10)17)18(26)22-6-11-2-3-12(20)4-14(11)21/h2-5,7,10,17H,6,8-9H2,1H3,(H,22,26)/t10-,17+/m0/s1. The second kappa shape index (κ2) is 6.83. The molecule has 0 unspecified atom stereocenters. The number of amides is 2. The number of carbonyl (C=O) groups excluding carboxylic acids is 2. The number of aromatic nitrogens is 1. The van der Waals surface area contributed by atoms with Gasteiger partial charge in [0.05, 0.1) is 19.2 Å². The van der Waals surface area contributed by atoms with E-state index in [0.29, 0.717) is 13.2 Å². The van der Waals surface area contributed by atoms with Gasteiger partial charge in [-0.3, -0.25) is 14.4 Å². The summed E-state index contributed by atoms with van der Waals surface area (Å²) in [5.41, 5.74) is -0.492. The van der Waals surface area contributed by atoms with E-state index < -0.39 is 29.2 Å². The number of hydrogen-bond donors (Lipinski definition) is 1. The molecule has 1 saturated heterocycles. The van der Waals surface area contributed by atoms with Gasteiger partial charge in [0.15, 0.2) is 11.7 Å². The van der Waals surface area contributed by atoms with Crippen LogP contribution >= 0.6 is 0 Å². The van der Waals surface area contributed by atoms with E-state index in [9.17, 15) is 23.2 Å². The summed E-state index contributed by atoms with van der Waals surface area (Å²) in [7, 11) is 0. The average Bonchev–Trinajstić information content (AvgIpc) is 3.02. The van der Waals surface area contributed by atoms with Gasteiger partial charge in [0.1, 0.15) is 22.9 Å². The molecule has 3 heterocycles. The second-order valence-electron chi connectivity index (χ2n) is 6.86. The number of halogens is 2. The summed E-state index contributed by atoms with van der Waals surface area (Å²) in [4.78, 5) is 39.0. The molecule has 1 fully saturated rings. The van der Waals surface area contributed by atoms with Crippen molar-refractivity contribution in [2.24, 2.45) is 0 Å². The number of hydrogen-bond acceptors (Lipinski definition) is 4. The van der Waals surface area contributed by atoms with E-state index in [1.165, 1.54) is 16.8 Å². The average molecular weight is 389 g/mol. The van der Waals surface area contributed by atoms with Crippen LogP contribution in [0.5, 0.6) is 0 Å². The Hall–Kier alpha value is -3.07. The highest BCUT2D eigenvalue weighted by Crippen LogP contribution is 2.25. The molecule has 28 heavy (non-hydrogen) atoms. The molecule has 2 aliphatic heterocycles. The number of nitrogens with zero attached hydrogens (tertiary/aromatic N) is 2. The van der Waals surface area contributed by atoms with Crippen molar-refractivity contribution in [3.05, 3.63) is 69.1 Å². The first-order chi connectivity index (χ1) is 13.3. The maximum atomic E-state index is 13.7. The van der Waals surface area contributed by atoms with Gasteiger partial charge in [0.25, 0.3) is 11.8 Å². The van der Waals surface area contributed by atoms with Crippen molar-refractivity contribution in [3.63, 3.8) is 0 Å². The van der Waals surface area contributed by atoms with Crippen LogP contribution < -0.4 is 10.7 Å². The van der Waals surface area contributed by atoms with Crippen molar-refractivity contribution in [3.8, 4) is 0 Å². The van der Waals surface area contributed by atoms with E-state index in [-0.39, 0.29) is 35.3 Å². The van der Waals surface area contributed by atoms with E-state index in [1.807, 2.05) is 6.92 Å². The number of nitrogens with one attached hydrogen (secondary N) is 1. The molecule has 1 aromatic carbocycles. The summed E-state index contributed by atoms with van der Waals surface area (Å²) >= 11 is 0. The van der Waals surface area contributed by atoms with Crippen LogP contribution in [-0.2, 0) is 17.8 Å². The molecule has 0 radical (unpaired) electrons. The molecule has 2 atom stereocenters. The van der Waals surface area contributed by atoms with Gasteiger partial charge in [0.2, 0.25) is 0 Å². The lowest BCUT2D eigenvalue weighted by Crippen LogP contribution is -2.48. The van der Waals surface area contributed by atoms with Crippen LogP contribution in [0.1, 0.15) is 33.3 Å². The SMILES string of the molecule is C[C@H]1CO[C@@H]2Cn3cc(C(=O)NCc4ccc(F)cc4F)c(=O)cc3C(=O)N12. The lowest BCUT2D eigenvalue weighted by molar-refractivity contribution is 0.00674. The highest BCUT2D eigenvalue weighted by molar-refractivity contribution is 5.97. The second-order valence-corrected chi connectivity index (χ2v) is 6.86. The fourth-order valence-electron chi connectivity index (χ4n) is 3.48. The topological polar surface area (TPSA) is 80.6 Å². The first-order valence-corrected chi connectivity index (χ1v) is 8.76. The molecule has 1 N–H and O–H groups in total. The number of carbonyl (C=O) groups is 2. The molecule has 2 aliphatic rings. The zero-order chi connectivity index (χ0) is 20.0. The highest BCUT2D eigenvalue weighted by atomic mass is 19.1. The predicted molar refractivity (Wildman–Crippen MR) is 93.6 cm³/mol. The Morgan fingerprint density at radius 2 is 2.07 bits per heavy atom. The third kappa shape index (κ3) is 3.07. The van der Waals surface area contributed by atoms with Gasteiger partial charge in [0, 0.05) is 30.4 Å². The van der Waals surface area contributed by atoms with Crippen LogP contribution in [0.15, 0.2) is 35.3 Å². The van der Waals surface area contributed by atoms with Crippen molar-refractivity contribution in [2.45, 2.75) is 32.3 Å². The Kier molecular flexibility index (Phi) is 4.46. The quantitative estimate of drug-likeness (QED) is 0.857. The molecule has 9 heteroatoms. The Labute approximate surface area is 158 Å². The molecule has 1 aromatic heterocycles. The van der Waals surface area contributed by atoms with Crippen LogP contribution in [0.3, 0.4) is 0 Å². The third-order valence-electron chi connectivity index (χ3n) is 4.95. The zero-order valence-electron chi connectivity index (χ0n) is 14.9. The van der Waals surface area contributed by atoms with Gasteiger partial charge in [-0.25, -0.2) is 8.78 Å². The number of benzene rings is 1. The summed E-state index contributed by atoms with van der Waals surface area (Å²) in [5.74, 6) is -2.54.